The van der Waals surface area contributed by atoms with Crippen molar-refractivity contribution in [2.24, 2.45) is 5.92 Å². The Bertz CT molecular complexity index is 1050. The second-order valence-corrected chi connectivity index (χ2v) is 7.70. The van der Waals surface area contributed by atoms with Gasteiger partial charge in [-0.2, -0.15) is 0 Å². The van der Waals surface area contributed by atoms with Gasteiger partial charge in [-0.25, -0.2) is 4.39 Å². The number of nitrogens with zero attached hydrogens (tertiary/aromatic N) is 1. The van der Waals surface area contributed by atoms with E-state index >= 15 is 0 Å². The quantitative estimate of drug-likeness (QED) is 0.691. The third-order valence-corrected chi connectivity index (χ3v) is 5.64. The molecule has 2 N–H and O–H groups in total. The zero-order valence-corrected chi connectivity index (χ0v) is 16.3. The molecule has 1 unspecified atom stereocenters. The third kappa shape index (κ3) is 4.24. The fraction of sp³-hybridized carbons (Fsp3) is 0.364. The number of carbonyl (C=O) groups excluding carboxylic acids is 1. The first-order valence-electron chi connectivity index (χ1n) is 9.89. The smallest absolute Gasteiger partial charge is 0.261 e. The van der Waals surface area contributed by atoms with Gasteiger partial charge in [-0.1, -0.05) is 6.92 Å². The number of hydrogen-bond donors (Lipinski definition) is 2. The Balaban J connectivity index is 1.52. The van der Waals surface area contributed by atoms with Crippen molar-refractivity contribution in [1.82, 2.24) is 15.2 Å². The van der Waals surface area contributed by atoms with E-state index in [4.69, 9.17) is 4.42 Å². The Labute approximate surface area is 167 Å². The van der Waals surface area contributed by atoms with Gasteiger partial charge >= 0.3 is 0 Å². The van der Waals surface area contributed by atoms with E-state index < -0.39 is 17.3 Å². The van der Waals surface area contributed by atoms with Crippen LogP contribution in [0.2, 0.25) is 0 Å². The van der Waals surface area contributed by atoms with Gasteiger partial charge in [-0.15, -0.1) is 0 Å². The predicted octanol–water partition coefficient (Wildman–Crippen LogP) is 3.46. The molecule has 0 spiro atoms. The minimum atomic E-state index is -0.540. The lowest BCUT2D eigenvalue weighted by molar-refractivity contribution is 0.0894. The molecule has 1 fully saturated rings. The molecule has 1 aromatic carbocycles. The molecular formula is C22H24FN3O3. The van der Waals surface area contributed by atoms with Crippen LogP contribution < -0.4 is 10.9 Å². The first-order valence-corrected chi connectivity index (χ1v) is 9.89. The molecule has 1 aliphatic heterocycles. The van der Waals surface area contributed by atoms with E-state index in [1.165, 1.54) is 24.3 Å². The van der Waals surface area contributed by atoms with E-state index in [1.54, 1.807) is 6.26 Å². The molecule has 1 atom stereocenters. The van der Waals surface area contributed by atoms with Gasteiger partial charge in [0.1, 0.15) is 17.1 Å². The summed E-state index contributed by atoms with van der Waals surface area (Å²) in [6.07, 6.45) is 3.84. The summed E-state index contributed by atoms with van der Waals surface area (Å²) in [4.78, 5) is 30.0. The molecule has 7 heteroatoms. The van der Waals surface area contributed by atoms with Gasteiger partial charge in [0.25, 0.3) is 11.5 Å². The van der Waals surface area contributed by atoms with Crippen molar-refractivity contribution in [2.45, 2.75) is 25.8 Å². The Hall–Kier alpha value is -2.93. The van der Waals surface area contributed by atoms with E-state index in [0.29, 0.717) is 23.4 Å². The molecule has 29 heavy (non-hydrogen) atoms. The number of halogens is 1. The van der Waals surface area contributed by atoms with Gasteiger partial charge < -0.3 is 14.7 Å². The SMILES string of the molecule is CC1CCN(C(CNC(=O)c2cc3ccc(F)cc3[nH]c2=O)c2ccco2)CC1. The van der Waals surface area contributed by atoms with Crippen LogP contribution >= 0.6 is 0 Å². The summed E-state index contributed by atoms with van der Waals surface area (Å²) in [6, 6.07) is 9.23. The van der Waals surface area contributed by atoms with Crippen molar-refractivity contribution in [3.05, 3.63) is 70.2 Å². The van der Waals surface area contributed by atoms with Crippen molar-refractivity contribution >= 4 is 16.8 Å². The summed E-state index contributed by atoms with van der Waals surface area (Å²) >= 11 is 0. The number of amides is 1. The summed E-state index contributed by atoms with van der Waals surface area (Å²) in [6.45, 7) is 4.45. The van der Waals surface area contributed by atoms with Crippen molar-refractivity contribution < 1.29 is 13.6 Å². The maximum Gasteiger partial charge on any atom is 0.261 e. The fourth-order valence-corrected chi connectivity index (χ4v) is 3.86. The normalized spacial score (nSPS) is 16.8. The number of aromatic amines is 1. The number of rotatable bonds is 5. The van der Waals surface area contributed by atoms with E-state index in [9.17, 15) is 14.0 Å². The molecule has 152 valence electrons. The Morgan fingerprint density at radius 1 is 1.31 bits per heavy atom. The minimum Gasteiger partial charge on any atom is -0.468 e. The number of H-pyrrole nitrogens is 1. The van der Waals surface area contributed by atoms with Crippen molar-refractivity contribution in [1.29, 1.82) is 0 Å². The Morgan fingerprint density at radius 2 is 2.10 bits per heavy atom. The second-order valence-electron chi connectivity index (χ2n) is 7.70. The molecule has 2 aromatic heterocycles. The fourth-order valence-electron chi connectivity index (χ4n) is 3.86. The van der Waals surface area contributed by atoms with Crippen molar-refractivity contribution in [3.8, 4) is 0 Å². The highest BCUT2D eigenvalue weighted by Gasteiger charge is 2.27. The largest absolute Gasteiger partial charge is 0.468 e. The van der Waals surface area contributed by atoms with E-state index in [0.717, 1.165) is 31.7 Å². The number of nitrogens with one attached hydrogen (secondary N) is 2. The van der Waals surface area contributed by atoms with Gasteiger partial charge in [-0.3, -0.25) is 14.5 Å². The Morgan fingerprint density at radius 3 is 2.83 bits per heavy atom. The van der Waals surface area contributed by atoms with Crippen LogP contribution in [0, 0.1) is 11.7 Å². The van der Waals surface area contributed by atoms with Crippen molar-refractivity contribution in [3.63, 3.8) is 0 Å². The number of pyridine rings is 1. The molecule has 0 bridgehead atoms. The maximum atomic E-state index is 13.4. The van der Waals surface area contributed by atoms with Crippen LogP contribution in [0.25, 0.3) is 10.9 Å². The zero-order valence-electron chi connectivity index (χ0n) is 16.3. The van der Waals surface area contributed by atoms with E-state index in [2.05, 4.69) is 22.1 Å². The average molecular weight is 397 g/mol. The van der Waals surface area contributed by atoms with Gasteiger partial charge in [0.2, 0.25) is 0 Å². The number of aromatic nitrogens is 1. The molecule has 3 heterocycles. The van der Waals surface area contributed by atoms with Crippen molar-refractivity contribution in [2.75, 3.05) is 19.6 Å². The van der Waals surface area contributed by atoms with Crippen LogP contribution in [0.15, 0.2) is 51.9 Å². The summed E-state index contributed by atoms with van der Waals surface area (Å²) in [7, 11) is 0. The number of carbonyl (C=O) groups is 1. The van der Waals surface area contributed by atoms with E-state index in [-0.39, 0.29) is 11.6 Å². The third-order valence-electron chi connectivity index (χ3n) is 5.64. The lowest BCUT2D eigenvalue weighted by atomic mass is 9.97. The van der Waals surface area contributed by atoms with Crippen LogP contribution in [0.5, 0.6) is 0 Å². The van der Waals surface area contributed by atoms with Gasteiger partial charge in [-0.05, 0) is 73.6 Å². The molecule has 4 rings (SSSR count). The first-order chi connectivity index (χ1) is 14.0. The van der Waals surface area contributed by atoms with Gasteiger partial charge in [0.05, 0.1) is 17.8 Å². The number of benzene rings is 1. The Kier molecular flexibility index (Phi) is 5.49. The first kappa shape index (κ1) is 19.4. The molecular weight excluding hydrogens is 373 g/mol. The number of hydrogen-bond acceptors (Lipinski definition) is 4. The average Bonchev–Trinajstić information content (AvgIpc) is 3.23. The molecule has 0 aliphatic carbocycles. The molecule has 1 saturated heterocycles. The highest BCUT2D eigenvalue weighted by molar-refractivity contribution is 5.97. The topological polar surface area (TPSA) is 78.3 Å². The van der Waals surface area contributed by atoms with Crippen LogP contribution in [0.3, 0.4) is 0 Å². The highest BCUT2D eigenvalue weighted by atomic mass is 19.1. The molecule has 1 aliphatic rings. The summed E-state index contributed by atoms with van der Waals surface area (Å²) in [5.74, 6) is 0.587. The van der Waals surface area contributed by atoms with Crippen LogP contribution in [-0.2, 0) is 0 Å². The maximum absolute atomic E-state index is 13.4. The minimum absolute atomic E-state index is 0.00886. The lowest BCUT2D eigenvalue weighted by Crippen LogP contribution is -2.42. The monoisotopic (exact) mass is 397 g/mol. The molecule has 0 radical (unpaired) electrons. The zero-order chi connectivity index (χ0) is 20.4. The van der Waals surface area contributed by atoms with Crippen LogP contribution in [0.1, 0.15) is 41.9 Å². The number of likely N-dealkylation sites (tertiary alicyclic amines) is 1. The molecule has 1 amide bonds. The van der Waals surface area contributed by atoms with E-state index in [1.807, 2.05) is 12.1 Å². The van der Waals surface area contributed by atoms with Gasteiger partial charge in [0, 0.05) is 6.54 Å². The number of piperidine rings is 1. The lowest BCUT2D eigenvalue weighted by Gasteiger charge is -2.35. The van der Waals surface area contributed by atoms with Gasteiger partial charge in [0.15, 0.2) is 0 Å². The predicted molar refractivity (Wildman–Crippen MR) is 108 cm³/mol. The molecule has 6 nitrogen and oxygen atoms in total. The second kappa shape index (κ2) is 8.21. The van der Waals surface area contributed by atoms with Crippen LogP contribution in [-0.4, -0.2) is 35.4 Å². The number of fused-ring (bicyclic) bond motifs is 1. The standard InChI is InChI=1S/C22H24FN3O3/c1-14-6-8-26(9-7-14)19(20-3-2-10-29-20)13-24-21(27)17-11-15-4-5-16(23)12-18(15)25-22(17)28/h2-5,10-12,14,19H,6-9,13H2,1H3,(H,24,27)(H,25,28). The molecule has 0 saturated carbocycles. The highest BCUT2D eigenvalue weighted by Crippen LogP contribution is 2.26. The molecule has 3 aromatic rings. The summed E-state index contributed by atoms with van der Waals surface area (Å²) in [5, 5.41) is 3.48. The van der Waals surface area contributed by atoms with Crippen LogP contribution in [0.4, 0.5) is 4.39 Å². The summed E-state index contributed by atoms with van der Waals surface area (Å²) in [5.41, 5.74) is -0.168. The number of furan rings is 1. The summed E-state index contributed by atoms with van der Waals surface area (Å²) < 4.78 is 19.0.